The SMILES string of the molecule is C=C(N=C(N=C(C)CC1=CCC=C(C)C=C1)Oc1ccc(C)cc1)Oc1ccc(-c2ccc(Oc3nc(Cc4ccc(C)cc4)nc(Oc4ccc(C)cc4)n3)cc2)cc1. The van der Waals surface area contributed by atoms with Gasteiger partial charge in [-0.15, -0.1) is 4.98 Å². The van der Waals surface area contributed by atoms with Crippen molar-refractivity contribution in [2.24, 2.45) is 9.98 Å². The van der Waals surface area contributed by atoms with Crippen molar-refractivity contribution >= 4 is 11.7 Å². The predicted molar refractivity (Wildman–Crippen MR) is 239 cm³/mol. The van der Waals surface area contributed by atoms with Crippen LogP contribution in [0.25, 0.3) is 11.1 Å². The number of aryl methyl sites for hydroxylation is 3. The lowest BCUT2D eigenvalue weighted by Crippen LogP contribution is -2.10. The topological polar surface area (TPSA) is 100 Å². The van der Waals surface area contributed by atoms with E-state index < -0.39 is 0 Å². The number of hydrogen-bond donors (Lipinski definition) is 0. The number of rotatable bonds is 13. The van der Waals surface area contributed by atoms with Crippen LogP contribution in [0.2, 0.25) is 0 Å². The zero-order valence-electron chi connectivity index (χ0n) is 34.6. The second kappa shape index (κ2) is 19.4. The molecule has 0 N–H and O–H groups in total. The minimum absolute atomic E-state index is 0.140. The van der Waals surface area contributed by atoms with Crippen LogP contribution in [0.4, 0.5) is 0 Å². The average Bonchev–Trinajstić information content (AvgIpc) is 3.44. The Labute approximate surface area is 351 Å². The monoisotopic (exact) mass is 793 g/mol. The molecule has 0 aliphatic heterocycles. The second-order valence-electron chi connectivity index (χ2n) is 14.7. The lowest BCUT2D eigenvalue weighted by molar-refractivity contribution is 0.393. The number of amidine groups is 1. The molecule has 7 rings (SSSR count). The van der Waals surface area contributed by atoms with Crippen molar-refractivity contribution in [2.45, 2.75) is 53.9 Å². The summed E-state index contributed by atoms with van der Waals surface area (Å²) in [4.78, 5) is 23.0. The van der Waals surface area contributed by atoms with Gasteiger partial charge in [-0.05, 0) is 118 Å². The van der Waals surface area contributed by atoms with Crippen LogP contribution in [0.3, 0.4) is 0 Å². The Morgan fingerprint density at radius 1 is 0.567 bits per heavy atom. The Balaban J connectivity index is 1.02. The molecule has 9 heteroatoms. The normalized spacial score (nSPS) is 12.9. The Bertz CT molecular complexity index is 2520. The van der Waals surface area contributed by atoms with Crippen molar-refractivity contribution < 1.29 is 18.9 Å². The van der Waals surface area contributed by atoms with Gasteiger partial charge in [0.05, 0.1) is 0 Å². The van der Waals surface area contributed by atoms with E-state index in [1.54, 1.807) is 0 Å². The number of allylic oxidation sites excluding steroid dienone is 6. The van der Waals surface area contributed by atoms with Gasteiger partial charge in [-0.25, -0.2) is 4.99 Å². The third-order valence-electron chi connectivity index (χ3n) is 9.42. The molecule has 300 valence electrons. The molecular formula is C51H47N5O4. The van der Waals surface area contributed by atoms with Crippen LogP contribution in [0, 0.1) is 20.8 Å². The summed E-state index contributed by atoms with van der Waals surface area (Å²) in [5.41, 5.74) is 9.73. The Kier molecular flexibility index (Phi) is 13.2. The maximum atomic E-state index is 6.16. The van der Waals surface area contributed by atoms with E-state index in [0.717, 1.165) is 39.9 Å². The highest BCUT2D eigenvalue weighted by Gasteiger charge is 2.13. The molecule has 0 unspecified atom stereocenters. The molecule has 0 amide bonds. The molecular weight excluding hydrogens is 747 g/mol. The van der Waals surface area contributed by atoms with Crippen LogP contribution in [0.5, 0.6) is 35.0 Å². The van der Waals surface area contributed by atoms with Gasteiger partial charge in [0.25, 0.3) is 0 Å². The summed E-state index contributed by atoms with van der Waals surface area (Å²) in [7, 11) is 0. The van der Waals surface area contributed by atoms with Gasteiger partial charge in [-0.3, -0.25) is 0 Å². The summed E-state index contributed by atoms with van der Waals surface area (Å²) in [5.74, 6) is 3.05. The Hall–Kier alpha value is -7.39. The van der Waals surface area contributed by atoms with Gasteiger partial charge in [0.1, 0.15) is 28.8 Å². The smallest absolute Gasteiger partial charge is 0.328 e. The number of nitrogens with zero attached hydrogens (tertiary/aromatic N) is 5. The molecule has 0 saturated carbocycles. The van der Waals surface area contributed by atoms with Gasteiger partial charge < -0.3 is 18.9 Å². The van der Waals surface area contributed by atoms with E-state index in [2.05, 4.69) is 88.9 Å². The van der Waals surface area contributed by atoms with Crippen LogP contribution in [-0.2, 0) is 6.42 Å². The fourth-order valence-corrected chi connectivity index (χ4v) is 6.13. The summed E-state index contributed by atoms with van der Waals surface area (Å²) in [6.07, 6.45) is 10.7. The van der Waals surface area contributed by atoms with Crippen LogP contribution in [0.15, 0.2) is 179 Å². The van der Waals surface area contributed by atoms with Crippen molar-refractivity contribution in [1.29, 1.82) is 0 Å². The molecule has 0 atom stereocenters. The number of aliphatic imine (C=N–C) groups is 2. The predicted octanol–water partition coefficient (Wildman–Crippen LogP) is 12.6. The maximum Gasteiger partial charge on any atom is 0.328 e. The van der Waals surface area contributed by atoms with Crippen molar-refractivity contribution in [3.8, 4) is 46.1 Å². The lowest BCUT2D eigenvalue weighted by Gasteiger charge is -2.11. The van der Waals surface area contributed by atoms with Gasteiger partial charge >= 0.3 is 18.0 Å². The van der Waals surface area contributed by atoms with E-state index in [9.17, 15) is 0 Å². The molecule has 1 aliphatic rings. The first-order valence-electron chi connectivity index (χ1n) is 19.8. The zero-order chi connectivity index (χ0) is 41.8. The minimum Gasteiger partial charge on any atom is -0.440 e. The molecule has 6 aromatic rings. The van der Waals surface area contributed by atoms with Gasteiger partial charge in [0.15, 0.2) is 0 Å². The van der Waals surface area contributed by atoms with Crippen molar-refractivity contribution in [1.82, 2.24) is 15.0 Å². The quantitative estimate of drug-likeness (QED) is 0.0652. The first-order valence-corrected chi connectivity index (χ1v) is 19.8. The van der Waals surface area contributed by atoms with Gasteiger partial charge in [-0.2, -0.15) is 15.0 Å². The minimum atomic E-state index is 0.140. The molecule has 60 heavy (non-hydrogen) atoms. The molecule has 5 aromatic carbocycles. The van der Waals surface area contributed by atoms with Crippen LogP contribution in [-0.4, -0.2) is 26.7 Å². The van der Waals surface area contributed by atoms with E-state index in [1.807, 2.05) is 118 Å². The van der Waals surface area contributed by atoms with E-state index >= 15 is 0 Å². The highest BCUT2D eigenvalue weighted by atomic mass is 16.5. The van der Waals surface area contributed by atoms with Crippen molar-refractivity contribution in [3.05, 3.63) is 197 Å². The van der Waals surface area contributed by atoms with E-state index in [4.69, 9.17) is 23.9 Å². The third-order valence-corrected chi connectivity index (χ3v) is 9.42. The summed E-state index contributed by atoms with van der Waals surface area (Å²) in [5, 5.41) is 0. The molecule has 0 radical (unpaired) electrons. The fourth-order valence-electron chi connectivity index (χ4n) is 6.13. The number of aromatic nitrogens is 3. The summed E-state index contributed by atoms with van der Waals surface area (Å²) in [6, 6.07) is 39.5. The fraction of sp³-hybridized carbons (Fsp3) is 0.157. The van der Waals surface area contributed by atoms with Crippen LogP contribution < -0.4 is 18.9 Å². The van der Waals surface area contributed by atoms with Gasteiger partial charge in [0.2, 0.25) is 5.88 Å². The van der Waals surface area contributed by atoms with Crippen molar-refractivity contribution in [3.63, 3.8) is 0 Å². The lowest BCUT2D eigenvalue weighted by atomic mass is 10.1. The molecule has 9 nitrogen and oxygen atoms in total. The second-order valence-corrected chi connectivity index (χ2v) is 14.7. The standard InChI is InChI=1S/C51H47N5O4/c1-34-8-7-9-40(17-10-34)32-38(5)52-49(58-45-24-13-36(3)14-25-45)53-39(6)57-44-28-20-42(21-29-44)43-22-30-47(31-23-43)60-51-55-48(33-41-18-11-35(2)12-19-41)54-50(56-51)59-46-26-15-37(4)16-27-46/h8-31H,6-7,32-33H2,1-5H3. The maximum absolute atomic E-state index is 6.16. The summed E-state index contributed by atoms with van der Waals surface area (Å²) < 4.78 is 24.3. The summed E-state index contributed by atoms with van der Waals surface area (Å²) in [6.45, 7) is 14.2. The van der Waals surface area contributed by atoms with Crippen LogP contribution >= 0.6 is 0 Å². The van der Waals surface area contributed by atoms with Gasteiger partial charge in [0, 0.05) is 18.6 Å². The highest BCUT2D eigenvalue weighted by molar-refractivity contribution is 5.96. The highest BCUT2D eigenvalue weighted by Crippen LogP contribution is 2.28. The molecule has 0 saturated heterocycles. The van der Waals surface area contributed by atoms with E-state index in [1.165, 1.54) is 16.7 Å². The molecule has 1 heterocycles. The average molecular weight is 794 g/mol. The molecule has 1 aromatic heterocycles. The third kappa shape index (κ3) is 12.1. The van der Waals surface area contributed by atoms with Gasteiger partial charge in [-0.1, -0.05) is 119 Å². The largest absolute Gasteiger partial charge is 0.440 e. The number of benzene rings is 5. The number of ether oxygens (including phenoxy) is 4. The van der Waals surface area contributed by atoms with E-state index in [-0.39, 0.29) is 23.9 Å². The molecule has 0 fully saturated rings. The molecule has 0 bridgehead atoms. The molecule has 0 spiro atoms. The van der Waals surface area contributed by atoms with Crippen molar-refractivity contribution in [2.75, 3.05) is 0 Å². The van der Waals surface area contributed by atoms with E-state index in [0.29, 0.717) is 41.7 Å². The Morgan fingerprint density at radius 3 is 1.65 bits per heavy atom. The molecule has 1 aliphatic carbocycles. The number of hydrogen-bond acceptors (Lipinski definition) is 8. The first kappa shape index (κ1) is 40.8. The summed E-state index contributed by atoms with van der Waals surface area (Å²) >= 11 is 0. The first-order chi connectivity index (χ1) is 29.1. The zero-order valence-corrected chi connectivity index (χ0v) is 34.6. The van der Waals surface area contributed by atoms with Crippen LogP contribution in [0.1, 0.15) is 54.8 Å². The Morgan fingerprint density at radius 2 is 1.07 bits per heavy atom.